The molecule has 0 aromatic carbocycles. The van der Waals surface area contributed by atoms with Crippen molar-refractivity contribution >= 4 is 12.4 Å². The van der Waals surface area contributed by atoms with Crippen LogP contribution in [-0.4, -0.2) is 58.5 Å². The number of nitrogens with zero attached hydrogens (tertiary/aromatic N) is 6. The maximum atomic E-state index is 13.0. The highest BCUT2D eigenvalue weighted by atomic mass is 16.3. The predicted octanol–water partition coefficient (Wildman–Crippen LogP) is 1.30. The molecule has 0 saturated carbocycles. The lowest BCUT2D eigenvalue weighted by molar-refractivity contribution is -0.132. The zero-order valence-corrected chi connectivity index (χ0v) is 17.7. The Morgan fingerprint density at radius 2 is 2.10 bits per heavy atom. The summed E-state index contributed by atoms with van der Waals surface area (Å²) in [5.41, 5.74) is 6.42. The van der Waals surface area contributed by atoms with Crippen LogP contribution in [0.5, 0.6) is 0 Å². The zero-order valence-electron chi connectivity index (χ0n) is 17.7. The van der Waals surface area contributed by atoms with Crippen molar-refractivity contribution in [2.24, 2.45) is 14.1 Å². The smallest absolute Gasteiger partial charge is 0.290 e. The maximum Gasteiger partial charge on any atom is 0.290 e. The Balaban J connectivity index is 0.000000806. The van der Waals surface area contributed by atoms with E-state index in [9.17, 15) is 4.79 Å². The molecular weight excluding hydrogens is 386 g/mol. The molecule has 1 aliphatic rings. The van der Waals surface area contributed by atoms with Crippen molar-refractivity contribution in [2.75, 3.05) is 6.54 Å². The molecule has 0 bridgehead atoms. The summed E-state index contributed by atoms with van der Waals surface area (Å²) in [5, 5.41) is 15.6. The fourth-order valence-corrected chi connectivity index (χ4v) is 3.96. The average Bonchev–Trinajstić information content (AvgIpc) is 3.41. The Kier molecular flexibility index (Phi) is 6.34. The van der Waals surface area contributed by atoms with E-state index in [1.54, 1.807) is 11.0 Å². The van der Waals surface area contributed by atoms with Crippen LogP contribution < -0.4 is 0 Å². The summed E-state index contributed by atoms with van der Waals surface area (Å²) in [4.78, 5) is 30.9. The number of aryl methyl sites for hydroxylation is 3. The number of imidazole rings is 1. The van der Waals surface area contributed by atoms with E-state index in [0.717, 1.165) is 28.3 Å². The molecular formula is C20H27N7O3. The number of aromatic nitrogens is 6. The van der Waals surface area contributed by atoms with E-state index in [1.165, 1.54) is 5.56 Å². The molecule has 0 spiro atoms. The number of fused-ring (bicyclic) bond motifs is 1. The largest absolute Gasteiger partial charge is 0.483 e. The Bertz CT molecular complexity index is 1030. The molecule has 2 N–H and O–H groups in total. The number of hydrogen-bond acceptors (Lipinski definition) is 5. The molecule has 1 atom stereocenters. The third kappa shape index (κ3) is 4.27. The molecule has 4 rings (SSSR count). The molecule has 1 amide bonds. The fourth-order valence-electron chi connectivity index (χ4n) is 3.96. The second-order valence-corrected chi connectivity index (χ2v) is 7.42. The lowest BCUT2D eigenvalue weighted by Crippen LogP contribution is -2.38. The second-order valence-electron chi connectivity index (χ2n) is 7.42. The van der Waals surface area contributed by atoms with Crippen LogP contribution in [0.4, 0.5) is 0 Å². The minimum Gasteiger partial charge on any atom is -0.483 e. The number of nitrogens with one attached hydrogen (secondary N) is 1. The number of aromatic amines is 1. The van der Waals surface area contributed by atoms with Crippen LogP contribution >= 0.6 is 0 Å². The standard InChI is InChI=1S/C19H25N7O.CH2O2/c1-12-15(13(2)25(4)23-12)5-6-18(27)26-9-16(14-7-22-24(3)8-14)19-17(10-26)20-11-21-19;2-1-3/h7-8,11,16H,5-6,9-10H2,1-4H3,(H,20,21);1H,(H,2,3). The molecule has 160 valence electrons. The first-order valence-corrected chi connectivity index (χ1v) is 9.71. The summed E-state index contributed by atoms with van der Waals surface area (Å²) in [5.74, 6) is 0.214. The van der Waals surface area contributed by atoms with Gasteiger partial charge in [0.15, 0.2) is 0 Å². The third-order valence-electron chi connectivity index (χ3n) is 5.56. The van der Waals surface area contributed by atoms with Gasteiger partial charge in [0.05, 0.1) is 36.2 Å². The van der Waals surface area contributed by atoms with Crippen LogP contribution in [0.1, 0.15) is 46.2 Å². The van der Waals surface area contributed by atoms with Gasteiger partial charge in [0, 0.05) is 50.4 Å². The second kappa shape index (κ2) is 8.93. The first kappa shape index (κ1) is 21.3. The molecule has 10 nitrogen and oxygen atoms in total. The van der Waals surface area contributed by atoms with E-state index in [2.05, 4.69) is 27.1 Å². The Labute approximate surface area is 174 Å². The highest BCUT2D eigenvalue weighted by molar-refractivity contribution is 5.77. The van der Waals surface area contributed by atoms with Crippen molar-refractivity contribution in [2.45, 2.75) is 39.2 Å². The highest BCUT2D eigenvalue weighted by Crippen LogP contribution is 2.31. The number of amides is 1. The first-order chi connectivity index (χ1) is 14.3. The van der Waals surface area contributed by atoms with Crippen LogP contribution in [0, 0.1) is 13.8 Å². The van der Waals surface area contributed by atoms with E-state index in [0.29, 0.717) is 25.9 Å². The summed E-state index contributed by atoms with van der Waals surface area (Å²) < 4.78 is 3.67. The molecule has 3 aromatic rings. The van der Waals surface area contributed by atoms with Crippen LogP contribution in [0.2, 0.25) is 0 Å². The van der Waals surface area contributed by atoms with E-state index in [4.69, 9.17) is 9.90 Å². The van der Waals surface area contributed by atoms with Gasteiger partial charge in [-0.2, -0.15) is 10.2 Å². The molecule has 0 saturated heterocycles. The van der Waals surface area contributed by atoms with Gasteiger partial charge in [-0.15, -0.1) is 0 Å². The third-order valence-corrected chi connectivity index (χ3v) is 5.56. The molecule has 0 radical (unpaired) electrons. The quantitative estimate of drug-likeness (QED) is 0.622. The topological polar surface area (TPSA) is 122 Å². The molecule has 3 aromatic heterocycles. The Hall–Kier alpha value is -3.43. The molecule has 0 aliphatic carbocycles. The fraction of sp³-hybridized carbons (Fsp3) is 0.450. The Morgan fingerprint density at radius 1 is 1.37 bits per heavy atom. The molecule has 10 heteroatoms. The monoisotopic (exact) mass is 413 g/mol. The van der Waals surface area contributed by atoms with Crippen LogP contribution in [0.15, 0.2) is 18.7 Å². The lowest BCUT2D eigenvalue weighted by Gasteiger charge is -2.31. The molecule has 1 unspecified atom stereocenters. The van der Waals surface area contributed by atoms with Gasteiger partial charge in [-0.3, -0.25) is 19.0 Å². The van der Waals surface area contributed by atoms with E-state index >= 15 is 0 Å². The normalized spacial score (nSPS) is 15.3. The maximum absolute atomic E-state index is 13.0. The van der Waals surface area contributed by atoms with Crippen molar-refractivity contribution in [3.8, 4) is 0 Å². The number of H-pyrrole nitrogens is 1. The number of carboxylic acid groups (broad SMARTS) is 1. The van der Waals surface area contributed by atoms with Gasteiger partial charge in [0.1, 0.15) is 0 Å². The van der Waals surface area contributed by atoms with Crippen molar-refractivity contribution in [3.63, 3.8) is 0 Å². The summed E-state index contributed by atoms with van der Waals surface area (Å²) in [6.07, 6.45) is 6.77. The Morgan fingerprint density at radius 3 is 2.70 bits per heavy atom. The van der Waals surface area contributed by atoms with Gasteiger partial charge >= 0.3 is 0 Å². The molecule has 30 heavy (non-hydrogen) atoms. The van der Waals surface area contributed by atoms with Gasteiger partial charge in [-0.25, -0.2) is 4.98 Å². The number of carbonyl (C=O) groups excluding carboxylic acids is 1. The van der Waals surface area contributed by atoms with Crippen LogP contribution in [0.3, 0.4) is 0 Å². The molecule has 1 aliphatic heterocycles. The summed E-state index contributed by atoms with van der Waals surface area (Å²) in [6.45, 7) is 5.02. The van der Waals surface area contributed by atoms with Crippen molar-refractivity contribution < 1.29 is 14.7 Å². The summed E-state index contributed by atoms with van der Waals surface area (Å²) >= 11 is 0. The number of carbonyl (C=O) groups is 2. The highest BCUT2D eigenvalue weighted by Gasteiger charge is 2.32. The summed E-state index contributed by atoms with van der Waals surface area (Å²) in [7, 11) is 3.84. The molecule has 4 heterocycles. The van der Waals surface area contributed by atoms with Crippen LogP contribution in [-0.2, 0) is 36.6 Å². The zero-order chi connectivity index (χ0) is 21.8. The average molecular weight is 413 g/mol. The van der Waals surface area contributed by atoms with Crippen molar-refractivity contribution in [1.29, 1.82) is 0 Å². The van der Waals surface area contributed by atoms with Gasteiger partial charge in [0.2, 0.25) is 5.91 Å². The van der Waals surface area contributed by atoms with Gasteiger partial charge in [-0.1, -0.05) is 0 Å². The van der Waals surface area contributed by atoms with E-state index in [-0.39, 0.29) is 18.3 Å². The first-order valence-electron chi connectivity index (χ1n) is 9.71. The lowest BCUT2D eigenvalue weighted by atomic mass is 9.92. The van der Waals surface area contributed by atoms with E-state index in [1.807, 2.05) is 43.0 Å². The van der Waals surface area contributed by atoms with E-state index < -0.39 is 0 Å². The van der Waals surface area contributed by atoms with Gasteiger partial charge in [-0.05, 0) is 25.8 Å². The van der Waals surface area contributed by atoms with Gasteiger partial charge in [0.25, 0.3) is 6.47 Å². The van der Waals surface area contributed by atoms with Gasteiger partial charge < -0.3 is 15.0 Å². The van der Waals surface area contributed by atoms with Crippen LogP contribution in [0.25, 0.3) is 0 Å². The minimum atomic E-state index is -0.250. The number of rotatable bonds is 4. The summed E-state index contributed by atoms with van der Waals surface area (Å²) in [6, 6.07) is 0. The molecule has 0 fully saturated rings. The number of hydrogen-bond donors (Lipinski definition) is 2. The SMILES string of the molecule is Cc1nn(C)c(C)c1CCC(=O)N1Cc2[nH]cnc2C(c2cnn(C)c2)C1.O=CO. The minimum absolute atomic E-state index is 0.0551. The predicted molar refractivity (Wildman–Crippen MR) is 109 cm³/mol. The van der Waals surface area contributed by atoms with Crippen molar-refractivity contribution in [3.05, 3.63) is 52.6 Å². The van der Waals surface area contributed by atoms with Crippen molar-refractivity contribution in [1.82, 2.24) is 34.4 Å².